The number of nitrogens with zero attached hydrogens (tertiary/aromatic N) is 2. The number of carbonyl (C=O) groups is 1. The second-order valence-electron chi connectivity index (χ2n) is 6.05. The lowest BCUT2D eigenvalue weighted by molar-refractivity contribution is 0.102. The van der Waals surface area contributed by atoms with Gasteiger partial charge in [0.15, 0.2) is 0 Å². The molecule has 0 spiro atoms. The fourth-order valence-electron chi connectivity index (χ4n) is 2.87. The molecular formula is C20H18N4O2. The van der Waals surface area contributed by atoms with Crippen molar-refractivity contribution in [2.24, 2.45) is 0 Å². The van der Waals surface area contributed by atoms with E-state index in [9.17, 15) is 4.79 Å². The van der Waals surface area contributed by atoms with Crippen molar-refractivity contribution in [3.05, 3.63) is 77.3 Å². The Kier molecular flexibility index (Phi) is 4.23. The van der Waals surface area contributed by atoms with E-state index in [0.29, 0.717) is 17.9 Å². The normalized spacial score (nSPS) is 11.0. The van der Waals surface area contributed by atoms with Gasteiger partial charge in [-0.15, -0.1) is 5.10 Å². The van der Waals surface area contributed by atoms with Crippen LogP contribution in [0.15, 0.2) is 59.1 Å². The maximum atomic E-state index is 12.5. The SMILES string of the molecule is CCc1ccc(Cc2nnc(NC(=O)c3c[nH]c4ccccc34)o2)cc1. The van der Waals surface area contributed by atoms with Crippen LogP contribution in [0, 0.1) is 0 Å². The highest BCUT2D eigenvalue weighted by atomic mass is 16.4. The number of para-hydroxylation sites is 1. The molecule has 0 radical (unpaired) electrons. The molecule has 0 saturated carbocycles. The number of H-pyrrole nitrogens is 1. The number of hydrogen-bond donors (Lipinski definition) is 2. The summed E-state index contributed by atoms with van der Waals surface area (Å²) in [4.78, 5) is 15.5. The number of fused-ring (bicyclic) bond motifs is 1. The summed E-state index contributed by atoms with van der Waals surface area (Å²) in [6.45, 7) is 2.12. The Balaban J connectivity index is 1.46. The Labute approximate surface area is 150 Å². The maximum Gasteiger partial charge on any atom is 0.322 e. The van der Waals surface area contributed by atoms with Crippen LogP contribution in [0.1, 0.15) is 34.3 Å². The fraction of sp³-hybridized carbons (Fsp3) is 0.150. The first-order valence-corrected chi connectivity index (χ1v) is 8.50. The molecule has 4 aromatic rings. The quantitative estimate of drug-likeness (QED) is 0.573. The molecule has 2 aromatic heterocycles. The van der Waals surface area contributed by atoms with Crippen molar-refractivity contribution in [2.45, 2.75) is 19.8 Å². The Morgan fingerprint density at radius 2 is 1.85 bits per heavy atom. The molecule has 2 N–H and O–H groups in total. The van der Waals surface area contributed by atoms with Crippen LogP contribution in [0.2, 0.25) is 0 Å². The lowest BCUT2D eigenvalue weighted by Crippen LogP contribution is -2.11. The number of aromatic nitrogens is 3. The van der Waals surface area contributed by atoms with Crippen molar-refractivity contribution in [3.8, 4) is 0 Å². The monoisotopic (exact) mass is 346 g/mol. The van der Waals surface area contributed by atoms with Crippen LogP contribution in [-0.4, -0.2) is 21.1 Å². The zero-order valence-electron chi connectivity index (χ0n) is 14.3. The van der Waals surface area contributed by atoms with E-state index in [0.717, 1.165) is 22.9 Å². The van der Waals surface area contributed by atoms with Crippen molar-refractivity contribution < 1.29 is 9.21 Å². The summed E-state index contributed by atoms with van der Waals surface area (Å²) in [5.74, 6) is 0.174. The second-order valence-corrected chi connectivity index (χ2v) is 6.05. The Morgan fingerprint density at radius 3 is 2.65 bits per heavy atom. The van der Waals surface area contributed by atoms with Crippen molar-refractivity contribution in [1.82, 2.24) is 15.2 Å². The molecule has 6 nitrogen and oxygen atoms in total. The molecule has 0 fully saturated rings. The van der Waals surface area contributed by atoms with Crippen LogP contribution in [-0.2, 0) is 12.8 Å². The van der Waals surface area contributed by atoms with E-state index in [-0.39, 0.29) is 11.9 Å². The lowest BCUT2D eigenvalue weighted by Gasteiger charge is -2.00. The van der Waals surface area contributed by atoms with Gasteiger partial charge in [0.1, 0.15) is 0 Å². The molecule has 0 saturated heterocycles. The second kappa shape index (κ2) is 6.84. The minimum absolute atomic E-state index is 0.0976. The molecule has 0 atom stereocenters. The highest BCUT2D eigenvalue weighted by molar-refractivity contribution is 6.12. The van der Waals surface area contributed by atoms with Gasteiger partial charge in [0.25, 0.3) is 5.91 Å². The molecule has 130 valence electrons. The first-order valence-electron chi connectivity index (χ1n) is 8.50. The highest BCUT2D eigenvalue weighted by Gasteiger charge is 2.15. The van der Waals surface area contributed by atoms with Crippen LogP contribution < -0.4 is 5.32 Å². The Morgan fingerprint density at radius 1 is 1.08 bits per heavy atom. The van der Waals surface area contributed by atoms with Gasteiger partial charge in [-0.2, -0.15) is 0 Å². The number of aromatic amines is 1. The fourth-order valence-corrected chi connectivity index (χ4v) is 2.87. The van der Waals surface area contributed by atoms with Gasteiger partial charge in [-0.3, -0.25) is 10.1 Å². The molecule has 0 aliphatic carbocycles. The third-order valence-corrected chi connectivity index (χ3v) is 4.31. The average Bonchev–Trinajstić information content (AvgIpc) is 3.29. The zero-order valence-corrected chi connectivity index (χ0v) is 14.3. The molecule has 26 heavy (non-hydrogen) atoms. The van der Waals surface area contributed by atoms with Crippen molar-refractivity contribution in [3.63, 3.8) is 0 Å². The van der Waals surface area contributed by atoms with E-state index in [4.69, 9.17) is 4.42 Å². The molecule has 4 rings (SSSR count). The van der Waals surface area contributed by atoms with Crippen molar-refractivity contribution in [1.29, 1.82) is 0 Å². The van der Waals surface area contributed by atoms with Gasteiger partial charge in [-0.25, -0.2) is 0 Å². The topological polar surface area (TPSA) is 83.8 Å². The largest absolute Gasteiger partial charge is 0.407 e. The smallest absolute Gasteiger partial charge is 0.322 e. The standard InChI is InChI=1S/C20H18N4O2/c1-2-13-7-9-14(10-8-13)11-18-23-24-20(26-18)22-19(25)16-12-21-17-6-4-3-5-15(16)17/h3-10,12,21H,2,11H2,1H3,(H,22,24,25). The van der Waals surface area contributed by atoms with Crippen LogP contribution in [0.3, 0.4) is 0 Å². The Bertz CT molecular complexity index is 1050. The summed E-state index contributed by atoms with van der Waals surface area (Å²) in [6.07, 6.45) is 3.21. The average molecular weight is 346 g/mol. The summed E-state index contributed by atoms with van der Waals surface area (Å²) in [5.41, 5.74) is 3.81. The van der Waals surface area contributed by atoms with Crippen LogP contribution in [0.5, 0.6) is 0 Å². The van der Waals surface area contributed by atoms with Gasteiger partial charge < -0.3 is 9.40 Å². The third-order valence-electron chi connectivity index (χ3n) is 4.31. The first kappa shape index (κ1) is 16.1. The van der Waals surface area contributed by atoms with E-state index < -0.39 is 0 Å². The number of hydrogen-bond acceptors (Lipinski definition) is 4. The predicted octanol–water partition coefficient (Wildman–Crippen LogP) is 3.96. The molecule has 6 heteroatoms. The summed E-state index contributed by atoms with van der Waals surface area (Å²) >= 11 is 0. The molecule has 2 heterocycles. The minimum atomic E-state index is -0.287. The van der Waals surface area contributed by atoms with Gasteiger partial charge in [0.2, 0.25) is 5.89 Å². The Hall–Kier alpha value is -3.41. The highest BCUT2D eigenvalue weighted by Crippen LogP contribution is 2.19. The van der Waals surface area contributed by atoms with E-state index in [1.54, 1.807) is 6.20 Å². The minimum Gasteiger partial charge on any atom is -0.407 e. The van der Waals surface area contributed by atoms with E-state index in [1.165, 1.54) is 5.56 Å². The number of rotatable bonds is 5. The predicted molar refractivity (Wildman–Crippen MR) is 99.2 cm³/mol. The number of nitrogens with one attached hydrogen (secondary N) is 2. The third kappa shape index (κ3) is 3.21. The van der Waals surface area contributed by atoms with Crippen molar-refractivity contribution >= 4 is 22.8 Å². The molecule has 0 bridgehead atoms. The summed E-state index contributed by atoms with van der Waals surface area (Å²) in [7, 11) is 0. The zero-order chi connectivity index (χ0) is 17.9. The summed E-state index contributed by atoms with van der Waals surface area (Å²) < 4.78 is 5.56. The number of carbonyl (C=O) groups excluding carboxylic acids is 1. The first-order chi connectivity index (χ1) is 12.7. The molecule has 0 aliphatic heterocycles. The summed E-state index contributed by atoms with van der Waals surface area (Å²) in [6, 6.07) is 16.0. The molecule has 2 aromatic carbocycles. The number of amides is 1. The number of anilines is 1. The van der Waals surface area contributed by atoms with E-state index >= 15 is 0 Å². The van der Waals surface area contributed by atoms with Crippen molar-refractivity contribution in [2.75, 3.05) is 5.32 Å². The van der Waals surface area contributed by atoms with E-state index in [2.05, 4.69) is 39.6 Å². The van der Waals surface area contributed by atoms with Crippen LogP contribution in [0.25, 0.3) is 10.9 Å². The van der Waals surface area contributed by atoms with Gasteiger partial charge in [-0.05, 0) is 23.6 Å². The lowest BCUT2D eigenvalue weighted by atomic mass is 10.1. The number of benzene rings is 2. The molecule has 0 unspecified atom stereocenters. The summed E-state index contributed by atoms with van der Waals surface area (Å²) in [5, 5.41) is 11.4. The molecule has 1 amide bonds. The van der Waals surface area contributed by atoms with E-state index in [1.807, 2.05) is 36.4 Å². The molecule has 0 aliphatic rings. The van der Waals surface area contributed by atoms with Crippen LogP contribution >= 0.6 is 0 Å². The van der Waals surface area contributed by atoms with Gasteiger partial charge in [0, 0.05) is 17.1 Å². The van der Waals surface area contributed by atoms with Gasteiger partial charge >= 0.3 is 6.01 Å². The number of aryl methyl sites for hydroxylation is 1. The molecular weight excluding hydrogens is 328 g/mol. The van der Waals surface area contributed by atoms with Gasteiger partial charge in [0.05, 0.1) is 12.0 Å². The van der Waals surface area contributed by atoms with Gasteiger partial charge in [-0.1, -0.05) is 54.5 Å². The van der Waals surface area contributed by atoms with Crippen LogP contribution in [0.4, 0.5) is 6.01 Å². The maximum absolute atomic E-state index is 12.5.